The second-order valence-corrected chi connectivity index (χ2v) is 8.65. The van der Waals surface area contributed by atoms with Gasteiger partial charge in [-0.15, -0.1) is 0 Å². The maximum atomic E-state index is 12.5. The van der Waals surface area contributed by atoms with Gasteiger partial charge in [-0.2, -0.15) is 5.10 Å². The second-order valence-electron chi connectivity index (χ2n) is 6.42. The zero-order valence-corrected chi connectivity index (χ0v) is 14.1. The van der Waals surface area contributed by atoms with Crippen molar-refractivity contribution in [2.24, 2.45) is 11.0 Å². The molecular formula is C17H22N2O3S. The van der Waals surface area contributed by atoms with Crippen molar-refractivity contribution < 1.29 is 13.2 Å². The molecule has 0 saturated heterocycles. The number of benzene rings is 1. The van der Waals surface area contributed by atoms with Crippen molar-refractivity contribution in [1.82, 2.24) is 5.43 Å². The summed E-state index contributed by atoms with van der Waals surface area (Å²) in [6.45, 7) is 1.80. The first-order chi connectivity index (χ1) is 11.0. The predicted molar refractivity (Wildman–Crippen MR) is 89.0 cm³/mol. The number of rotatable bonds is 5. The number of amides is 1. The molecule has 0 unspecified atom stereocenters. The number of hydrazone groups is 1. The van der Waals surface area contributed by atoms with Gasteiger partial charge in [-0.1, -0.05) is 25.0 Å². The van der Waals surface area contributed by atoms with E-state index in [1.165, 1.54) is 0 Å². The van der Waals surface area contributed by atoms with Gasteiger partial charge < -0.3 is 0 Å². The Kier molecular flexibility index (Phi) is 4.53. The Labute approximate surface area is 137 Å². The summed E-state index contributed by atoms with van der Waals surface area (Å²) in [4.78, 5) is 12.0. The van der Waals surface area contributed by atoms with Crippen molar-refractivity contribution in [3.63, 3.8) is 0 Å². The fourth-order valence-corrected chi connectivity index (χ4v) is 4.77. The van der Waals surface area contributed by atoms with E-state index in [0.717, 1.165) is 44.1 Å². The van der Waals surface area contributed by atoms with Crippen LogP contribution in [0.25, 0.3) is 0 Å². The van der Waals surface area contributed by atoms with Crippen LogP contribution < -0.4 is 5.43 Å². The summed E-state index contributed by atoms with van der Waals surface area (Å²) < 4.78 is 25.1. The van der Waals surface area contributed by atoms with Gasteiger partial charge >= 0.3 is 0 Å². The topological polar surface area (TPSA) is 75.6 Å². The summed E-state index contributed by atoms with van der Waals surface area (Å²) in [5.74, 6) is 0.0789. The fraction of sp³-hybridized carbons (Fsp3) is 0.529. The van der Waals surface area contributed by atoms with Crippen LogP contribution in [-0.4, -0.2) is 25.3 Å². The van der Waals surface area contributed by atoms with Gasteiger partial charge in [-0.3, -0.25) is 4.79 Å². The number of nitrogens with one attached hydrogen (secondary N) is 1. The van der Waals surface area contributed by atoms with Crippen LogP contribution in [0.3, 0.4) is 0 Å². The van der Waals surface area contributed by atoms with Gasteiger partial charge in [0.05, 0.1) is 15.9 Å². The average Bonchev–Trinajstić information content (AvgIpc) is 3.26. The Morgan fingerprint density at radius 3 is 2.26 bits per heavy atom. The molecule has 2 saturated carbocycles. The number of hydrogen-bond donors (Lipinski definition) is 1. The molecule has 6 heteroatoms. The van der Waals surface area contributed by atoms with Crippen LogP contribution in [0, 0.1) is 5.92 Å². The van der Waals surface area contributed by atoms with Gasteiger partial charge in [0.2, 0.25) is 5.91 Å². The molecule has 1 aromatic carbocycles. The van der Waals surface area contributed by atoms with Crippen molar-refractivity contribution in [3.05, 3.63) is 29.8 Å². The van der Waals surface area contributed by atoms with E-state index in [0.29, 0.717) is 10.6 Å². The Balaban J connectivity index is 1.70. The van der Waals surface area contributed by atoms with Crippen LogP contribution in [0.15, 0.2) is 34.3 Å². The van der Waals surface area contributed by atoms with Gasteiger partial charge in [0.25, 0.3) is 0 Å². The van der Waals surface area contributed by atoms with Crippen LogP contribution in [0.4, 0.5) is 0 Å². The van der Waals surface area contributed by atoms with Crippen LogP contribution in [0.2, 0.25) is 0 Å². The van der Waals surface area contributed by atoms with E-state index >= 15 is 0 Å². The molecule has 1 N–H and O–H groups in total. The molecule has 1 amide bonds. The Morgan fingerprint density at radius 2 is 1.70 bits per heavy atom. The van der Waals surface area contributed by atoms with Gasteiger partial charge in [-0.25, -0.2) is 13.8 Å². The van der Waals surface area contributed by atoms with Crippen molar-refractivity contribution >= 4 is 21.5 Å². The molecule has 0 aromatic heterocycles. The number of nitrogens with zero attached hydrogens (tertiary/aromatic N) is 1. The van der Waals surface area contributed by atoms with Crippen LogP contribution >= 0.6 is 0 Å². The van der Waals surface area contributed by atoms with Gasteiger partial charge in [-0.05, 0) is 50.3 Å². The van der Waals surface area contributed by atoms with Crippen LogP contribution in [-0.2, 0) is 14.6 Å². The molecule has 1 aromatic rings. The van der Waals surface area contributed by atoms with E-state index in [-0.39, 0.29) is 17.1 Å². The molecule has 0 heterocycles. The molecule has 23 heavy (non-hydrogen) atoms. The maximum Gasteiger partial charge on any atom is 0.243 e. The number of carbonyl (C=O) groups excluding carboxylic acids is 1. The highest BCUT2D eigenvalue weighted by molar-refractivity contribution is 7.92. The Morgan fingerprint density at radius 1 is 1.09 bits per heavy atom. The largest absolute Gasteiger partial charge is 0.273 e. The Bertz CT molecular complexity index is 713. The fourth-order valence-electron chi connectivity index (χ4n) is 2.92. The summed E-state index contributed by atoms with van der Waals surface area (Å²) in [6, 6.07) is 6.79. The number of carbonyl (C=O) groups is 1. The predicted octanol–water partition coefficient (Wildman–Crippen LogP) is 2.65. The summed E-state index contributed by atoms with van der Waals surface area (Å²) in [5.41, 5.74) is 4.04. The summed E-state index contributed by atoms with van der Waals surface area (Å²) in [5, 5.41) is 3.86. The lowest BCUT2D eigenvalue weighted by atomic mass is 10.1. The summed E-state index contributed by atoms with van der Waals surface area (Å²) >= 11 is 0. The zero-order valence-electron chi connectivity index (χ0n) is 13.3. The van der Waals surface area contributed by atoms with Crippen molar-refractivity contribution in [2.45, 2.75) is 55.6 Å². The minimum Gasteiger partial charge on any atom is -0.273 e. The second kappa shape index (κ2) is 6.43. The quantitative estimate of drug-likeness (QED) is 0.664. The first-order valence-corrected chi connectivity index (χ1v) is 9.71. The molecule has 0 spiro atoms. The van der Waals surface area contributed by atoms with E-state index in [2.05, 4.69) is 10.5 Å². The smallest absolute Gasteiger partial charge is 0.243 e. The molecule has 0 atom stereocenters. The highest BCUT2D eigenvalue weighted by atomic mass is 32.2. The lowest BCUT2D eigenvalue weighted by Gasteiger charge is -2.11. The molecule has 2 aliphatic carbocycles. The molecule has 0 bridgehead atoms. The Hall–Kier alpha value is -1.69. The van der Waals surface area contributed by atoms with E-state index < -0.39 is 9.84 Å². The van der Waals surface area contributed by atoms with Crippen LogP contribution in [0.1, 0.15) is 51.0 Å². The first-order valence-electron chi connectivity index (χ1n) is 8.17. The van der Waals surface area contributed by atoms with E-state index in [1.807, 2.05) is 0 Å². The van der Waals surface area contributed by atoms with Gasteiger partial charge in [0, 0.05) is 5.92 Å². The minimum absolute atomic E-state index is 0.0372. The van der Waals surface area contributed by atoms with Crippen LogP contribution in [0.5, 0.6) is 0 Å². The highest BCUT2D eigenvalue weighted by Gasteiger charge is 2.30. The number of hydrogen-bond acceptors (Lipinski definition) is 4. The third kappa shape index (κ3) is 3.63. The molecule has 2 fully saturated rings. The molecule has 3 rings (SSSR count). The molecule has 124 valence electrons. The SMILES string of the molecule is C/C(=N\NC(=O)C1CC1)c1ccc(S(=O)(=O)C2CCCC2)cc1. The average molecular weight is 334 g/mol. The lowest BCUT2D eigenvalue weighted by molar-refractivity contribution is -0.122. The molecule has 0 aliphatic heterocycles. The molecule has 2 aliphatic rings. The first kappa shape index (κ1) is 16.2. The minimum atomic E-state index is -3.22. The van der Waals surface area contributed by atoms with Crippen molar-refractivity contribution in [1.29, 1.82) is 0 Å². The lowest BCUT2D eigenvalue weighted by Crippen LogP contribution is -2.20. The third-order valence-electron chi connectivity index (χ3n) is 4.62. The van der Waals surface area contributed by atoms with Crippen molar-refractivity contribution in [2.75, 3.05) is 0 Å². The molecular weight excluding hydrogens is 312 g/mol. The number of sulfone groups is 1. The van der Waals surface area contributed by atoms with Crippen molar-refractivity contribution in [3.8, 4) is 0 Å². The molecule has 0 radical (unpaired) electrons. The summed E-state index contributed by atoms with van der Waals surface area (Å²) in [7, 11) is -3.22. The third-order valence-corrected chi connectivity index (χ3v) is 6.90. The monoisotopic (exact) mass is 334 g/mol. The van der Waals surface area contributed by atoms with Gasteiger partial charge in [0.1, 0.15) is 0 Å². The standard InChI is InChI=1S/C17H22N2O3S/c1-12(18-19-17(20)14-6-7-14)13-8-10-16(11-9-13)23(21,22)15-4-2-3-5-15/h8-11,14-15H,2-7H2,1H3,(H,19,20)/b18-12+. The molecule has 5 nitrogen and oxygen atoms in total. The normalized spacial score (nSPS) is 19.8. The highest BCUT2D eigenvalue weighted by Crippen LogP contribution is 2.30. The van der Waals surface area contributed by atoms with E-state index in [9.17, 15) is 13.2 Å². The van der Waals surface area contributed by atoms with Gasteiger partial charge in [0.15, 0.2) is 9.84 Å². The van der Waals surface area contributed by atoms with E-state index in [4.69, 9.17) is 0 Å². The van der Waals surface area contributed by atoms with E-state index in [1.54, 1.807) is 31.2 Å². The maximum absolute atomic E-state index is 12.5. The zero-order chi connectivity index (χ0) is 16.4. The summed E-state index contributed by atoms with van der Waals surface area (Å²) in [6.07, 6.45) is 5.39.